The first-order valence-corrected chi connectivity index (χ1v) is 5.01. The zero-order valence-corrected chi connectivity index (χ0v) is 8.93. The molecule has 0 aliphatic rings. The highest BCUT2D eigenvalue weighted by Gasteiger charge is 2.07. The van der Waals surface area contributed by atoms with Gasteiger partial charge in [0, 0.05) is 6.04 Å². The number of nitrogens with two attached hydrogens (primary N) is 1. The largest absolute Gasteiger partial charge is 0.330 e. The molecule has 0 saturated carbocycles. The van der Waals surface area contributed by atoms with Crippen molar-refractivity contribution in [2.45, 2.75) is 40.2 Å². The lowest BCUT2D eigenvalue weighted by Gasteiger charge is -2.19. The van der Waals surface area contributed by atoms with Gasteiger partial charge in [-0.1, -0.05) is 20.8 Å². The Morgan fingerprint density at radius 2 is 1.75 bits per heavy atom. The third kappa shape index (κ3) is 5.56. The molecular formula is C10H24N2. The fraction of sp³-hybridized carbons (Fsp3) is 1.00. The van der Waals surface area contributed by atoms with Crippen molar-refractivity contribution in [3.05, 3.63) is 0 Å². The van der Waals surface area contributed by atoms with E-state index in [-0.39, 0.29) is 0 Å². The summed E-state index contributed by atoms with van der Waals surface area (Å²) in [5.41, 5.74) is 5.46. The molecule has 74 valence electrons. The average molecular weight is 172 g/mol. The summed E-state index contributed by atoms with van der Waals surface area (Å²) in [4.78, 5) is 0. The fourth-order valence-corrected chi connectivity index (χ4v) is 0.975. The van der Waals surface area contributed by atoms with Gasteiger partial charge < -0.3 is 11.1 Å². The van der Waals surface area contributed by atoms with Crippen LogP contribution in [0.15, 0.2) is 0 Å². The number of nitrogens with one attached hydrogen (secondary N) is 1. The zero-order valence-electron chi connectivity index (χ0n) is 8.93. The predicted molar refractivity (Wildman–Crippen MR) is 55.1 cm³/mol. The maximum Gasteiger partial charge on any atom is 0.00508 e. The van der Waals surface area contributed by atoms with E-state index in [0.29, 0.717) is 6.04 Å². The molecule has 2 heteroatoms. The minimum Gasteiger partial charge on any atom is -0.330 e. The first-order chi connectivity index (χ1) is 5.57. The standard InChI is InChI=1S/C10H24N2/c1-8(2)9(3)7-12-10(4)5-6-11/h8-10,12H,5-7,11H2,1-4H3. The Morgan fingerprint density at radius 3 is 2.17 bits per heavy atom. The van der Waals surface area contributed by atoms with Gasteiger partial charge in [-0.05, 0) is 38.3 Å². The molecule has 2 nitrogen and oxygen atoms in total. The van der Waals surface area contributed by atoms with Gasteiger partial charge in [0.05, 0.1) is 0 Å². The summed E-state index contributed by atoms with van der Waals surface area (Å²) in [7, 11) is 0. The van der Waals surface area contributed by atoms with Crippen molar-refractivity contribution >= 4 is 0 Å². The topological polar surface area (TPSA) is 38.0 Å². The summed E-state index contributed by atoms with van der Waals surface area (Å²) >= 11 is 0. The summed E-state index contributed by atoms with van der Waals surface area (Å²) in [5, 5.41) is 3.48. The average Bonchev–Trinajstić information content (AvgIpc) is 2.00. The van der Waals surface area contributed by atoms with Gasteiger partial charge in [-0.2, -0.15) is 0 Å². The molecule has 12 heavy (non-hydrogen) atoms. The highest BCUT2D eigenvalue weighted by molar-refractivity contribution is 4.65. The Hall–Kier alpha value is -0.0800. The van der Waals surface area contributed by atoms with Gasteiger partial charge in [-0.15, -0.1) is 0 Å². The van der Waals surface area contributed by atoms with E-state index in [1.165, 1.54) is 0 Å². The maximum atomic E-state index is 5.46. The monoisotopic (exact) mass is 172 g/mol. The van der Waals surface area contributed by atoms with Crippen LogP contribution >= 0.6 is 0 Å². The first-order valence-electron chi connectivity index (χ1n) is 5.01. The molecule has 3 N–H and O–H groups in total. The van der Waals surface area contributed by atoms with Crippen LogP contribution in [0.5, 0.6) is 0 Å². The molecule has 2 unspecified atom stereocenters. The Kier molecular flexibility index (Phi) is 6.39. The summed E-state index contributed by atoms with van der Waals surface area (Å²) in [5.74, 6) is 1.52. The molecule has 0 bridgehead atoms. The second kappa shape index (κ2) is 6.44. The molecule has 0 aromatic rings. The van der Waals surface area contributed by atoms with Crippen LogP contribution in [-0.2, 0) is 0 Å². The van der Waals surface area contributed by atoms with E-state index >= 15 is 0 Å². The van der Waals surface area contributed by atoms with E-state index in [4.69, 9.17) is 5.73 Å². The van der Waals surface area contributed by atoms with Crippen LogP contribution in [0, 0.1) is 11.8 Å². The second-order valence-electron chi connectivity index (χ2n) is 4.11. The molecule has 0 spiro atoms. The van der Waals surface area contributed by atoms with Crippen LogP contribution in [-0.4, -0.2) is 19.1 Å². The molecule has 2 atom stereocenters. The van der Waals surface area contributed by atoms with Crippen molar-refractivity contribution in [3.63, 3.8) is 0 Å². The van der Waals surface area contributed by atoms with E-state index < -0.39 is 0 Å². The molecule has 0 fully saturated rings. The van der Waals surface area contributed by atoms with E-state index in [1.54, 1.807) is 0 Å². The Labute approximate surface area is 76.9 Å². The molecule has 0 heterocycles. The Bertz CT molecular complexity index is 102. The molecule has 0 aromatic carbocycles. The third-order valence-corrected chi connectivity index (χ3v) is 2.53. The number of rotatable bonds is 6. The molecular weight excluding hydrogens is 148 g/mol. The summed E-state index contributed by atoms with van der Waals surface area (Å²) in [6, 6.07) is 0.566. The van der Waals surface area contributed by atoms with Crippen LogP contribution in [0.3, 0.4) is 0 Å². The summed E-state index contributed by atoms with van der Waals surface area (Å²) in [6.45, 7) is 10.9. The molecule has 0 rings (SSSR count). The highest BCUT2D eigenvalue weighted by Crippen LogP contribution is 2.07. The van der Waals surface area contributed by atoms with Crippen LogP contribution in [0.4, 0.5) is 0 Å². The van der Waals surface area contributed by atoms with Crippen LogP contribution in [0.25, 0.3) is 0 Å². The molecule has 0 aliphatic carbocycles. The van der Waals surface area contributed by atoms with E-state index in [0.717, 1.165) is 31.3 Å². The van der Waals surface area contributed by atoms with Gasteiger partial charge >= 0.3 is 0 Å². The van der Waals surface area contributed by atoms with Crippen LogP contribution in [0.1, 0.15) is 34.1 Å². The lowest BCUT2D eigenvalue weighted by Crippen LogP contribution is -2.33. The number of hydrogen-bond donors (Lipinski definition) is 2. The van der Waals surface area contributed by atoms with Gasteiger partial charge in [0.1, 0.15) is 0 Å². The minimum atomic E-state index is 0.566. The van der Waals surface area contributed by atoms with Crippen molar-refractivity contribution in [1.82, 2.24) is 5.32 Å². The highest BCUT2D eigenvalue weighted by atomic mass is 14.9. The Balaban J connectivity index is 3.40. The van der Waals surface area contributed by atoms with Gasteiger partial charge in [0.2, 0.25) is 0 Å². The van der Waals surface area contributed by atoms with Gasteiger partial charge in [0.25, 0.3) is 0 Å². The fourth-order valence-electron chi connectivity index (χ4n) is 0.975. The van der Waals surface area contributed by atoms with Crippen molar-refractivity contribution in [3.8, 4) is 0 Å². The summed E-state index contributed by atoms with van der Waals surface area (Å²) < 4.78 is 0. The second-order valence-corrected chi connectivity index (χ2v) is 4.11. The van der Waals surface area contributed by atoms with Gasteiger partial charge in [-0.25, -0.2) is 0 Å². The van der Waals surface area contributed by atoms with Crippen molar-refractivity contribution in [1.29, 1.82) is 0 Å². The molecule has 0 radical (unpaired) electrons. The smallest absolute Gasteiger partial charge is 0.00508 e. The molecule has 0 aromatic heterocycles. The minimum absolute atomic E-state index is 0.566. The summed E-state index contributed by atoms with van der Waals surface area (Å²) in [6.07, 6.45) is 1.07. The SMILES string of the molecule is CC(CCN)NCC(C)C(C)C. The van der Waals surface area contributed by atoms with Crippen LogP contribution < -0.4 is 11.1 Å². The van der Waals surface area contributed by atoms with Crippen molar-refractivity contribution in [2.75, 3.05) is 13.1 Å². The van der Waals surface area contributed by atoms with Crippen molar-refractivity contribution < 1.29 is 0 Å². The molecule has 0 aliphatic heterocycles. The zero-order chi connectivity index (χ0) is 9.56. The molecule has 0 amide bonds. The normalized spacial score (nSPS) is 16.5. The van der Waals surface area contributed by atoms with Gasteiger partial charge in [-0.3, -0.25) is 0 Å². The third-order valence-electron chi connectivity index (χ3n) is 2.53. The Morgan fingerprint density at radius 1 is 1.17 bits per heavy atom. The number of hydrogen-bond acceptors (Lipinski definition) is 2. The van der Waals surface area contributed by atoms with Crippen LogP contribution in [0.2, 0.25) is 0 Å². The van der Waals surface area contributed by atoms with E-state index in [1.807, 2.05) is 0 Å². The quantitative estimate of drug-likeness (QED) is 0.639. The lowest BCUT2D eigenvalue weighted by molar-refractivity contribution is 0.368. The van der Waals surface area contributed by atoms with E-state index in [2.05, 4.69) is 33.0 Å². The van der Waals surface area contributed by atoms with Crippen molar-refractivity contribution in [2.24, 2.45) is 17.6 Å². The van der Waals surface area contributed by atoms with Gasteiger partial charge in [0.15, 0.2) is 0 Å². The molecule has 0 saturated heterocycles. The predicted octanol–water partition coefficient (Wildman–Crippen LogP) is 1.61. The first kappa shape index (κ1) is 11.9. The lowest BCUT2D eigenvalue weighted by atomic mass is 9.98. The van der Waals surface area contributed by atoms with E-state index in [9.17, 15) is 0 Å². The maximum absolute atomic E-state index is 5.46.